The second-order valence-electron chi connectivity index (χ2n) is 4.92. The van der Waals surface area contributed by atoms with Crippen molar-refractivity contribution in [1.29, 1.82) is 0 Å². The molecule has 3 rings (SSSR count). The normalized spacial score (nSPS) is 31.6. The molecule has 1 unspecified atom stereocenters. The number of aliphatic hydroxyl groups is 1. The van der Waals surface area contributed by atoms with Crippen molar-refractivity contribution in [3.05, 3.63) is 30.1 Å². The van der Waals surface area contributed by atoms with Crippen LogP contribution in [0, 0.1) is 5.92 Å². The summed E-state index contributed by atoms with van der Waals surface area (Å²) in [6.45, 7) is 1.25. The molecular weight excluding hydrogens is 214 g/mol. The van der Waals surface area contributed by atoms with Gasteiger partial charge in [0.2, 0.25) is 0 Å². The van der Waals surface area contributed by atoms with E-state index in [0.29, 0.717) is 24.5 Å². The Balaban J connectivity index is 1.59. The summed E-state index contributed by atoms with van der Waals surface area (Å²) in [6.07, 6.45) is 5.97. The van der Waals surface area contributed by atoms with Crippen molar-refractivity contribution in [1.82, 2.24) is 9.99 Å². The molecule has 90 valence electrons. The second kappa shape index (κ2) is 4.45. The van der Waals surface area contributed by atoms with Crippen LogP contribution in [-0.2, 0) is 0 Å². The van der Waals surface area contributed by atoms with E-state index in [1.165, 1.54) is 0 Å². The van der Waals surface area contributed by atoms with Gasteiger partial charge in [-0.2, -0.15) is 5.10 Å². The van der Waals surface area contributed by atoms with E-state index in [9.17, 15) is 0 Å². The quantitative estimate of drug-likeness (QED) is 0.851. The third kappa shape index (κ3) is 2.05. The summed E-state index contributed by atoms with van der Waals surface area (Å²) in [5.74, 6) is 0.813. The van der Waals surface area contributed by atoms with Gasteiger partial charge < -0.3 is 5.11 Å². The van der Waals surface area contributed by atoms with Gasteiger partial charge in [0.15, 0.2) is 0 Å². The van der Waals surface area contributed by atoms with E-state index >= 15 is 0 Å². The molecule has 1 fully saturated rings. The Hall–Kier alpha value is -1.42. The fourth-order valence-electron chi connectivity index (χ4n) is 2.56. The first kappa shape index (κ1) is 10.7. The monoisotopic (exact) mass is 231 g/mol. The van der Waals surface area contributed by atoms with Gasteiger partial charge in [0.25, 0.3) is 0 Å². The maximum atomic E-state index is 9.01. The Morgan fingerprint density at radius 3 is 2.94 bits per heavy atom. The Bertz CT molecular complexity index is 400. The molecule has 0 aromatic carbocycles. The summed E-state index contributed by atoms with van der Waals surface area (Å²) < 4.78 is 0. The lowest BCUT2D eigenvalue weighted by molar-refractivity contribution is 0.0522. The molecule has 17 heavy (non-hydrogen) atoms. The number of rotatable bonds is 3. The van der Waals surface area contributed by atoms with Crippen molar-refractivity contribution >= 4 is 6.21 Å². The van der Waals surface area contributed by atoms with Crippen molar-refractivity contribution in [3.8, 4) is 0 Å². The van der Waals surface area contributed by atoms with Gasteiger partial charge in [-0.25, -0.2) is 0 Å². The van der Waals surface area contributed by atoms with Crippen molar-refractivity contribution in [3.63, 3.8) is 0 Å². The highest BCUT2D eigenvalue weighted by atomic mass is 16.3. The number of nitrogens with zero attached hydrogens (tertiary/aromatic N) is 3. The van der Waals surface area contributed by atoms with Crippen LogP contribution in [0.15, 0.2) is 29.5 Å². The van der Waals surface area contributed by atoms with Crippen molar-refractivity contribution < 1.29 is 5.11 Å². The summed E-state index contributed by atoms with van der Waals surface area (Å²) in [7, 11) is 0. The third-order valence-corrected chi connectivity index (χ3v) is 3.74. The topological polar surface area (TPSA) is 48.7 Å². The molecule has 1 N–H and O–H groups in total. The van der Waals surface area contributed by atoms with E-state index in [0.717, 1.165) is 25.1 Å². The molecule has 1 aliphatic carbocycles. The average molecular weight is 231 g/mol. The van der Waals surface area contributed by atoms with E-state index in [4.69, 9.17) is 5.11 Å². The van der Waals surface area contributed by atoms with Crippen LogP contribution >= 0.6 is 0 Å². The first-order valence-corrected chi connectivity index (χ1v) is 6.19. The fraction of sp³-hybridized carbons (Fsp3) is 0.538. The molecule has 4 heteroatoms. The highest BCUT2D eigenvalue weighted by Gasteiger charge is 2.35. The second-order valence-corrected chi connectivity index (χ2v) is 4.92. The summed E-state index contributed by atoms with van der Waals surface area (Å²) in [5, 5.41) is 15.6. The molecule has 0 radical (unpaired) electrons. The minimum Gasteiger partial charge on any atom is -0.396 e. The summed E-state index contributed by atoms with van der Waals surface area (Å²) in [5.41, 5.74) is 1.09. The van der Waals surface area contributed by atoms with Gasteiger partial charge in [-0.1, -0.05) is 6.07 Å². The largest absolute Gasteiger partial charge is 0.396 e. The van der Waals surface area contributed by atoms with Gasteiger partial charge >= 0.3 is 0 Å². The highest BCUT2D eigenvalue weighted by Crippen LogP contribution is 2.34. The minimum absolute atomic E-state index is 0.317. The summed E-state index contributed by atoms with van der Waals surface area (Å²) in [4.78, 5) is 4.37. The van der Waals surface area contributed by atoms with Gasteiger partial charge in [0, 0.05) is 31.6 Å². The highest BCUT2D eigenvalue weighted by molar-refractivity contribution is 5.68. The number of hydrazone groups is 1. The molecule has 2 heterocycles. The van der Waals surface area contributed by atoms with Crippen molar-refractivity contribution in [2.75, 3.05) is 13.2 Å². The molecule has 0 amide bonds. The zero-order chi connectivity index (χ0) is 11.7. The molecule has 4 nitrogen and oxygen atoms in total. The van der Waals surface area contributed by atoms with Gasteiger partial charge in [0.05, 0.1) is 11.6 Å². The number of pyridine rings is 1. The minimum atomic E-state index is 0.317. The smallest absolute Gasteiger partial charge is 0.0576 e. The van der Waals surface area contributed by atoms with Crippen LogP contribution in [0.25, 0.3) is 0 Å². The van der Waals surface area contributed by atoms with Crippen LogP contribution in [0.5, 0.6) is 0 Å². The molecule has 2 aliphatic rings. The van der Waals surface area contributed by atoms with Gasteiger partial charge in [0.1, 0.15) is 0 Å². The lowest BCUT2D eigenvalue weighted by Gasteiger charge is -2.39. The zero-order valence-electron chi connectivity index (χ0n) is 9.74. The predicted molar refractivity (Wildman–Crippen MR) is 65.8 cm³/mol. The average Bonchev–Trinajstić information content (AvgIpc) is 2.78. The first-order valence-electron chi connectivity index (χ1n) is 6.19. The van der Waals surface area contributed by atoms with Crippen LogP contribution in [-0.4, -0.2) is 40.5 Å². The number of aromatic nitrogens is 1. The van der Waals surface area contributed by atoms with E-state index in [1.807, 2.05) is 24.5 Å². The fourth-order valence-corrected chi connectivity index (χ4v) is 2.56. The van der Waals surface area contributed by atoms with E-state index in [2.05, 4.69) is 21.2 Å². The first-order chi connectivity index (χ1) is 8.36. The molecular formula is C13H17N3O. The molecule has 1 saturated carbocycles. The van der Waals surface area contributed by atoms with Crippen LogP contribution < -0.4 is 0 Å². The molecule has 1 atom stereocenters. The van der Waals surface area contributed by atoms with Crippen LogP contribution in [0.2, 0.25) is 0 Å². The molecule has 1 aliphatic heterocycles. The van der Waals surface area contributed by atoms with Crippen molar-refractivity contribution in [2.45, 2.75) is 24.8 Å². The van der Waals surface area contributed by atoms with Gasteiger partial charge in [-0.05, 0) is 30.9 Å². The molecule has 0 bridgehead atoms. The number of hydrogen-bond acceptors (Lipinski definition) is 4. The Morgan fingerprint density at radius 1 is 1.35 bits per heavy atom. The molecule has 1 aromatic rings. The zero-order valence-corrected chi connectivity index (χ0v) is 9.74. The molecule has 0 saturated heterocycles. The van der Waals surface area contributed by atoms with Crippen LogP contribution in [0.3, 0.4) is 0 Å². The Kier molecular flexibility index (Phi) is 2.81. The maximum Gasteiger partial charge on any atom is 0.0576 e. The standard InChI is InChI=1S/C13H17N3O/c17-9-10-5-12(6-10)16-8-11(7-15-16)13-3-1-2-4-14-13/h1-4,7,10-12,17H,5-6,8-9H2/t10-,11?,12-. The Morgan fingerprint density at radius 2 is 2.24 bits per heavy atom. The van der Waals surface area contributed by atoms with E-state index in [1.54, 1.807) is 0 Å². The SMILES string of the molecule is OC[C@H]1C[C@H](N2CC(c3ccccn3)C=N2)C1. The predicted octanol–water partition coefficient (Wildman–Crippen LogP) is 1.24. The van der Waals surface area contributed by atoms with Crippen LogP contribution in [0.4, 0.5) is 0 Å². The van der Waals surface area contributed by atoms with E-state index in [-0.39, 0.29) is 0 Å². The summed E-state index contributed by atoms with van der Waals surface area (Å²) >= 11 is 0. The third-order valence-electron chi connectivity index (χ3n) is 3.74. The summed E-state index contributed by atoms with van der Waals surface area (Å²) in [6, 6.07) is 6.53. The maximum absolute atomic E-state index is 9.01. The lowest BCUT2D eigenvalue weighted by Crippen LogP contribution is -2.42. The number of hydrogen-bond donors (Lipinski definition) is 1. The molecule has 1 aromatic heterocycles. The van der Waals surface area contributed by atoms with Gasteiger partial charge in [-0.3, -0.25) is 9.99 Å². The van der Waals surface area contributed by atoms with E-state index < -0.39 is 0 Å². The lowest BCUT2D eigenvalue weighted by atomic mass is 9.80. The van der Waals surface area contributed by atoms with Crippen molar-refractivity contribution in [2.24, 2.45) is 11.0 Å². The molecule has 0 spiro atoms. The number of aliphatic hydroxyl groups excluding tert-OH is 1. The van der Waals surface area contributed by atoms with Crippen LogP contribution in [0.1, 0.15) is 24.5 Å². The Labute approximate surface area is 101 Å². The van der Waals surface area contributed by atoms with Gasteiger partial charge in [-0.15, -0.1) is 0 Å².